The Bertz CT molecular complexity index is 1100. The second-order valence-corrected chi connectivity index (χ2v) is 9.14. The summed E-state index contributed by atoms with van der Waals surface area (Å²) in [5.41, 5.74) is 1.11. The summed E-state index contributed by atoms with van der Waals surface area (Å²) in [6.07, 6.45) is 6.66. The van der Waals surface area contributed by atoms with Crippen LogP contribution in [0.4, 0.5) is 0 Å². The van der Waals surface area contributed by atoms with Gasteiger partial charge < -0.3 is 14.6 Å². The van der Waals surface area contributed by atoms with E-state index in [2.05, 4.69) is 20.7 Å². The maximum Gasteiger partial charge on any atom is 0.246 e. The van der Waals surface area contributed by atoms with Crippen molar-refractivity contribution in [1.29, 1.82) is 0 Å². The zero-order valence-corrected chi connectivity index (χ0v) is 20.5. The van der Waals surface area contributed by atoms with Gasteiger partial charge in [-0.15, -0.1) is 10.2 Å². The van der Waals surface area contributed by atoms with Crippen LogP contribution in [0.15, 0.2) is 46.9 Å². The molecule has 9 nitrogen and oxygen atoms in total. The van der Waals surface area contributed by atoms with E-state index in [1.54, 1.807) is 11.0 Å². The third-order valence-electron chi connectivity index (χ3n) is 6.51. The van der Waals surface area contributed by atoms with Crippen molar-refractivity contribution in [2.75, 3.05) is 6.54 Å². The molecule has 0 aliphatic heterocycles. The molecule has 4 rings (SSSR count). The fraction of sp³-hybridized carbons (Fsp3) is 0.500. The maximum atomic E-state index is 13.5. The SMILES string of the molecule is CC[C@@H](C(=O)NC1CCCCC1)N(CCc1ccccc1)C(=O)Cn1nnc(-c2ccc(C)o2)n1. The molecule has 1 N–H and O–H groups in total. The van der Waals surface area contributed by atoms with E-state index >= 15 is 0 Å². The predicted molar refractivity (Wildman–Crippen MR) is 131 cm³/mol. The highest BCUT2D eigenvalue weighted by atomic mass is 16.3. The van der Waals surface area contributed by atoms with Gasteiger partial charge in [-0.25, -0.2) is 0 Å². The number of carbonyl (C=O) groups is 2. The molecule has 1 aliphatic rings. The smallest absolute Gasteiger partial charge is 0.246 e. The lowest BCUT2D eigenvalue weighted by molar-refractivity contribution is -0.141. The lowest BCUT2D eigenvalue weighted by Crippen LogP contribution is -2.53. The van der Waals surface area contributed by atoms with Crippen molar-refractivity contribution >= 4 is 11.8 Å². The van der Waals surface area contributed by atoms with E-state index in [4.69, 9.17) is 4.42 Å². The first-order valence-corrected chi connectivity index (χ1v) is 12.5. The second-order valence-electron chi connectivity index (χ2n) is 9.14. The van der Waals surface area contributed by atoms with Gasteiger partial charge in [0, 0.05) is 12.6 Å². The topological polar surface area (TPSA) is 106 Å². The Hall–Kier alpha value is -3.49. The molecule has 2 heterocycles. The number of hydrogen-bond acceptors (Lipinski definition) is 6. The first-order valence-electron chi connectivity index (χ1n) is 12.5. The molecule has 35 heavy (non-hydrogen) atoms. The zero-order chi connectivity index (χ0) is 24.6. The van der Waals surface area contributed by atoms with Crippen LogP contribution in [0.1, 0.15) is 56.8 Å². The van der Waals surface area contributed by atoms with Crippen molar-refractivity contribution in [2.24, 2.45) is 0 Å². The van der Waals surface area contributed by atoms with Crippen LogP contribution in [0.2, 0.25) is 0 Å². The van der Waals surface area contributed by atoms with Crippen LogP contribution in [0.5, 0.6) is 0 Å². The van der Waals surface area contributed by atoms with Gasteiger partial charge in [0.25, 0.3) is 0 Å². The Labute approximate surface area is 205 Å². The summed E-state index contributed by atoms with van der Waals surface area (Å²) in [5.74, 6) is 1.27. The Morgan fingerprint density at radius 3 is 2.60 bits per heavy atom. The quantitative estimate of drug-likeness (QED) is 0.478. The van der Waals surface area contributed by atoms with Gasteiger partial charge in [-0.05, 0) is 55.5 Å². The van der Waals surface area contributed by atoms with Gasteiger partial charge in [0.15, 0.2) is 5.76 Å². The normalized spacial score (nSPS) is 15.0. The van der Waals surface area contributed by atoms with E-state index < -0.39 is 6.04 Å². The average molecular weight is 479 g/mol. The van der Waals surface area contributed by atoms with Crippen LogP contribution in [0.25, 0.3) is 11.6 Å². The molecule has 9 heteroatoms. The molecule has 2 aromatic heterocycles. The van der Waals surface area contributed by atoms with E-state index in [0.29, 0.717) is 31.0 Å². The molecular formula is C26H34N6O3. The number of nitrogens with one attached hydrogen (secondary N) is 1. The molecule has 0 bridgehead atoms. The minimum atomic E-state index is -0.552. The molecule has 1 aliphatic carbocycles. The van der Waals surface area contributed by atoms with Crippen LogP contribution in [-0.4, -0.2) is 55.5 Å². The van der Waals surface area contributed by atoms with Crippen LogP contribution < -0.4 is 5.32 Å². The van der Waals surface area contributed by atoms with Crippen LogP contribution >= 0.6 is 0 Å². The van der Waals surface area contributed by atoms with Gasteiger partial charge >= 0.3 is 0 Å². The number of furan rings is 1. The standard InChI is InChI=1S/C26H34N6O3/c1-3-22(26(34)27-21-12-8-5-9-13-21)31(17-16-20-10-6-4-7-11-20)24(33)18-32-29-25(28-30-32)23-15-14-19(2)35-23/h4,6-7,10-11,14-15,21-22H,3,5,8-9,12-13,16-18H2,1-2H3,(H,27,34)/t22-/m0/s1. The predicted octanol–water partition coefficient (Wildman–Crippen LogP) is 3.54. The fourth-order valence-corrected chi connectivity index (χ4v) is 4.62. The first kappa shape index (κ1) is 24.6. The molecule has 186 valence electrons. The van der Waals surface area contributed by atoms with E-state index in [-0.39, 0.29) is 24.4 Å². The second kappa shape index (κ2) is 11.8. The van der Waals surface area contributed by atoms with E-state index in [0.717, 1.165) is 37.0 Å². The Morgan fingerprint density at radius 2 is 1.91 bits per heavy atom. The Balaban J connectivity index is 1.48. The summed E-state index contributed by atoms with van der Waals surface area (Å²) in [7, 11) is 0. The van der Waals surface area contributed by atoms with Crippen LogP contribution in [0.3, 0.4) is 0 Å². The van der Waals surface area contributed by atoms with Gasteiger partial charge in [0.1, 0.15) is 18.3 Å². The van der Waals surface area contributed by atoms with Crippen molar-refractivity contribution in [1.82, 2.24) is 30.4 Å². The van der Waals surface area contributed by atoms with E-state index in [1.807, 2.05) is 50.2 Å². The lowest BCUT2D eigenvalue weighted by atomic mass is 9.95. The summed E-state index contributed by atoms with van der Waals surface area (Å²) in [4.78, 5) is 29.7. The number of aromatic nitrogens is 4. The molecule has 0 spiro atoms. The maximum absolute atomic E-state index is 13.5. The molecule has 0 unspecified atom stereocenters. The molecule has 1 saturated carbocycles. The minimum absolute atomic E-state index is 0.0842. The molecule has 3 aromatic rings. The fourth-order valence-electron chi connectivity index (χ4n) is 4.62. The first-order chi connectivity index (χ1) is 17.0. The third-order valence-corrected chi connectivity index (χ3v) is 6.51. The van der Waals surface area contributed by atoms with Crippen molar-refractivity contribution < 1.29 is 14.0 Å². The molecule has 1 aromatic carbocycles. The number of hydrogen-bond donors (Lipinski definition) is 1. The highest BCUT2D eigenvalue weighted by Crippen LogP contribution is 2.19. The van der Waals surface area contributed by atoms with Gasteiger partial charge in [-0.1, -0.05) is 56.5 Å². The number of amides is 2. The van der Waals surface area contributed by atoms with Crippen molar-refractivity contribution in [2.45, 2.75) is 77.4 Å². The van der Waals surface area contributed by atoms with Crippen molar-refractivity contribution in [3.8, 4) is 11.6 Å². The van der Waals surface area contributed by atoms with Gasteiger partial charge in [0.05, 0.1) is 0 Å². The number of tetrazole rings is 1. The summed E-state index contributed by atoms with van der Waals surface area (Å²) in [5, 5.41) is 15.6. The average Bonchev–Trinajstić information content (AvgIpc) is 3.51. The zero-order valence-electron chi connectivity index (χ0n) is 20.5. The molecule has 0 radical (unpaired) electrons. The van der Waals surface area contributed by atoms with Crippen LogP contribution in [0, 0.1) is 6.92 Å². The van der Waals surface area contributed by atoms with Crippen LogP contribution in [-0.2, 0) is 22.6 Å². The Kier molecular flexibility index (Phi) is 8.28. The highest BCUT2D eigenvalue weighted by Gasteiger charge is 2.30. The summed E-state index contributed by atoms with van der Waals surface area (Å²) in [6, 6.07) is 13.2. The van der Waals surface area contributed by atoms with Crippen molar-refractivity contribution in [3.63, 3.8) is 0 Å². The number of benzene rings is 1. The van der Waals surface area contributed by atoms with E-state index in [9.17, 15) is 9.59 Å². The van der Waals surface area contributed by atoms with Gasteiger partial charge in [-0.2, -0.15) is 4.80 Å². The third kappa shape index (κ3) is 6.55. The summed E-state index contributed by atoms with van der Waals surface area (Å²) >= 11 is 0. The lowest BCUT2D eigenvalue weighted by Gasteiger charge is -2.32. The van der Waals surface area contributed by atoms with Crippen molar-refractivity contribution in [3.05, 3.63) is 53.8 Å². The molecule has 2 amide bonds. The molecular weight excluding hydrogens is 444 g/mol. The minimum Gasteiger partial charge on any atom is -0.458 e. The molecule has 0 saturated heterocycles. The summed E-state index contributed by atoms with van der Waals surface area (Å²) < 4.78 is 5.56. The van der Waals surface area contributed by atoms with Gasteiger partial charge in [-0.3, -0.25) is 9.59 Å². The Morgan fingerprint density at radius 1 is 1.14 bits per heavy atom. The van der Waals surface area contributed by atoms with E-state index in [1.165, 1.54) is 11.2 Å². The van der Waals surface area contributed by atoms with Gasteiger partial charge in [0.2, 0.25) is 17.6 Å². The highest BCUT2D eigenvalue weighted by molar-refractivity contribution is 5.87. The number of rotatable bonds is 10. The largest absolute Gasteiger partial charge is 0.458 e. The molecule has 1 atom stereocenters. The number of carbonyl (C=O) groups excluding carboxylic acids is 2. The summed E-state index contributed by atoms with van der Waals surface area (Å²) in [6.45, 7) is 4.11. The number of nitrogens with zero attached hydrogens (tertiary/aromatic N) is 5. The number of aryl methyl sites for hydroxylation is 1. The monoisotopic (exact) mass is 478 g/mol. The molecule has 1 fully saturated rings.